The highest BCUT2D eigenvalue weighted by Gasteiger charge is 2.73. The van der Waals surface area contributed by atoms with E-state index < -0.39 is 11.0 Å². The molecule has 5 heteroatoms. The lowest BCUT2D eigenvalue weighted by molar-refractivity contribution is -0.175. The summed E-state index contributed by atoms with van der Waals surface area (Å²) in [5.74, 6) is 2.48. The standard InChI is InChI=1S/C33H38N2O3/c1-37-25-13-12-22-17-26-33(36)18-24-23-11-5-9-21-10-6-15-35(28(21)23)29(24)31-32(33,27(22)30(25)38-31)14-16-34(26)19-20-7-3-2-4-8-20/h5,9,11-13,20,26,31,36H,2-4,6-8,10,14-19H2,1H3/t26-,31+,32+,33?/m1/s1. The van der Waals surface area contributed by atoms with E-state index in [0.29, 0.717) is 0 Å². The highest BCUT2D eigenvalue weighted by Crippen LogP contribution is 2.69. The van der Waals surface area contributed by atoms with Crippen LogP contribution in [0.2, 0.25) is 0 Å². The summed E-state index contributed by atoms with van der Waals surface area (Å²) < 4.78 is 15.5. The van der Waals surface area contributed by atoms with Crippen molar-refractivity contribution < 1.29 is 14.6 Å². The molecule has 1 aromatic heterocycles. The van der Waals surface area contributed by atoms with Crippen LogP contribution >= 0.6 is 0 Å². The van der Waals surface area contributed by atoms with Crippen LogP contribution in [0.3, 0.4) is 0 Å². The third kappa shape index (κ3) is 2.52. The van der Waals surface area contributed by atoms with Crippen LogP contribution in [0.25, 0.3) is 10.9 Å². The second-order valence-electron chi connectivity index (χ2n) is 13.1. The zero-order valence-electron chi connectivity index (χ0n) is 22.5. The van der Waals surface area contributed by atoms with Gasteiger partial charge in [0, 0.05) is 36.5 Å². The number of para-hydroxylation sites is 1. The monoisotopic (exact) mass is 510 g/mol. The molecule has 4 heterocycles. The topological polar surface area (TPSA) is 46.9 Å². The quantitative estimate of drug-likeness (QED) is 0.508. The molecule has 4 atom stereocenters. The van der Waals surface area contributed by atoms with Crippen LogP contribution in [-0.2, 0) is 31.2 Å². The Morgan fingerprint density at radius 1 is 1.05 bits per heavy atom. The zero-order valence-corrected chi connectivity index (χ0v) is 22.5. The van der Waals surface area contributed by atoms with Crippen molar-refractivity contribution in [2.24, 2.45) is 5.92 Å². The van der Waals surface area contributed by atoms with Crippen LogP contribution in [0, 0.1) is 5.92 Å². The molecule has 5 nitrogen and oxygen atoms in total. The average molecular weight is 511 g/mol. The third-order valence-electron chi connectivity index (χ3n) is 11.6. The summed E-state index contributed by atoms with van der Waals surface area (Å²) in [5.41, 5.74) is 6.87. The largest absolute Gasteiger partial charge is 0.493 e. The Kier molecular flexibility index (Phi) is 4.45. The van der Waals surface area contributed by atoms with Gasteiger partial charge in [0.15, 0.2) is 17.6 Å². The molecule has 1 spiro atoms. The molecule has 0 amide bonds. The van der Waals surface area contributed by atoms with Crippen LogP contribution in [0.15, 0.2) is 30.3 Å². The number of aliphatic hydroxyl groups is 1. The predicted molar refractivity (Wildman–Crippen MR) is 147 cm³/mol. The van der Waals surface area contributed by atoms with Crippen LogP contribution in [0.4, 0.5) is 0 Å². The molecule has 198 valence electrons. The number of methoxy groups -OCH3 is 1. The summed E-state index contributed by atoms with van der Waals surface area (Å²) in [5, 5.41) is 14.6. The maximum atomic E-state index is 13.3. The Bertz CT molecular complexity index is 1490. The molecule has 1 N–H and O–H groups in total. The lowest BCUT2D eigenvalue weighted by atomic mass is 9.49. The zero-order chi connectivity index (χ0) is 25.2. The Hall–Kier alpha value is -2.50. The summed E-state index contributed by atoms with van der Waals surface area (Å²) in [6, 6.07) is 11.3. The van der Waals surface area contributed by atoms with Crippen molar-refractivity contribution in [3.63, 3.8) is 0 Å². The van der Waals surface area contributed by atoms with Crippen LogP contribution < -0.4 is 9.47 Å². The Labute approximate surface area is 224 Å². The Morgan fingerprint density at radius 3 is 2.82 bits per heavy atom. The van der Waals surface area contributed by atoms with Gasteiger partial charge in [-0.25, -0.2) is 0 Å². The predicted octanol–water partition coefficient (Wildman–Crippen LogP) is 5.47. The Morgan fingerprint density at radius 2 is 1.95 bits per heavy atom. The molecule has 3 aromatic rings. The summed E-state index contributed by atoms with van der Waals surface area (Å²) in [4.78, 5) is 2.71. The number of aryl methyl sites for hydroxylation is 2. The third-order valence-corrected chi connectivity index (χ3v) is 11.6. The number of likely N-dealkylation sites (tertiary alicyclic amines) is 1. The molecule has 9 rings (SSSR count). The van der Waals surface area contributed by atoms with Crippen molar-refractivity contribution in [2.45, 2.75) is 93.9 Å². The van der Waals surface area contributed by atoms with Gasteiger partial charge in [-0.05, 0) is 73.7 Å². The first-order valence-electron chi connectivity index (χ1n) is 15.1. The van der Waals surface area contributed by atoms with Gasteiger partial charge < -0.3 is 19.1 Å². The van der Waals surface area contributed by atoms with E-state index in [1.165, 1.54) is 71.0 Å². The van der Waals surface area contributed by atoms with E-state index in [1.807, 2.05) is 0 Å². The van der Waals surface area contributed by atoms with E-state index in [1.54, 1.807) is 7.11 Å². The van der Waals surface area contributed by atoms with E-state index >= 15 is 0 Å². The van der Waals surface area contributed by atoms with Crippen molar-refractivity contribution in [1.29, 1.82) is 0 Å². The summed E-state index contributed by atoms with van der Waals surface area (Å²) in [6.45, 7) is 3.21. The molecule has 2 aromatic carbocycles. The van der Waals surface area contributed by atoms with Crippen molar-refractivity contribution in [1.82, 2.24) is 9.47 Å². The molecular formula is C33H38N2O3. The molecule has 1 saturated heterocycles. The molecule has 6 aliphatic rings. The maximum Gasteiger partial charge on any atom is 0.166 e. The minimum absolute atomic E-state index is 0.121. The number of piperidine rings is 1. The lowest BCUT2D eigenvalue weighted by Crippen LogP contribution is -2.74. The first kappa shape index (κ1) is 22.3. The van der Waals surface area contributed by atoms with E-state index in [2.05, 4.69) is 39.8 Å². The van der Waals surface area contributed by atoms with E-state index in [9.17, 15) is 5.11 Å². The van der Waals surface area contributed by atoms with Gasteiger partial charge in [0.2, 0.25) is 0 Å². The number of hydrogen-bond donors (Lipinski definition) is 1. The molecule has 38 heavy (non-hydrogen) atoms. The lowest BCUT2D eigenvalue weighted by Gasteiger charge is -2.63. The molecule has 1 unspecified atom stereocenters. The van der Waals surface area contributed by atoms with Crippen molar-refractivity contribution in [3.05, 3.63) is 58.3 Å². The molecule has 2 fully saturated rings. The van der Waals surface area contributed by atoms with Gasteiger partial charge in [-0.2, -0.15) is 0 Å². The number of aromatic nitrogens is 1. The summed E-state index contributed by atoms with van der Waals surface area (Å²) in [6.07, 6.45) is 11.5. The second kappa shape index (κ2) is 7.57. The van der Waals surface area contributed by atoms with Gasteiger partial charge in [-0.15, -0.1) is 0 Å². The fourth-order valence-corrected chi connectivity index (χ4v) is 10.1. The summed E-state index contributed by atoms with van der Waals surface area (Å²) in [7, 11) is 1.75. The Balaban J connectivity index is 1.28. The van der Waals surface area contributed by atoms with Gasteiger partial charge in [0.05, 0.1) is 29.3 Å². The van der Waals surface area contributed by atoms with Gasteiger partial charge in [0.1, 0.15) is 0 Å². The molecule has 2 bridgehead atoms. The highest BCUT2D eigenvalue weighted by atomic mass is 16.5. The number of fused-ring (bicyclic) bond motifs is 4. The minimum atomic E-state index is -0.856. The first-order chi connectivity index (χ1) is 18.6. The molecule has 3 aliphatic carbocycles. The number of ether oxygens (including phenoxy) is 2. The second-order valence-corrected chi connectivity index (χ2v) is 13.1. The number of nitrogens with zero attached hydrogens (tertiary/aromatic N) is 2. The smallest absolute Gasteiger partial charge is 0.166 e. The van der Waals surface area contributed by atoms with Crippen LogP contribution in [-0.4, -0.2) is 46.4 Å². The fourth-order valence-electron chi connectivity index (χ4n) is 10.1. The number of hydrogen-bond acceptors (Lipinski definition) is 4. The van der Waals surface area contributed by atoms with Crippen molar-refractivity contribution in [2.75, 3.05) is 20.2 Å². The van der Waals surface area contributed by atoms with Crippen molar-refractivity contribution in [3.8, 4) is 11.5 Å². The van der Waals surface area contributed by atoms with E-state index in [4.69, 9.17) is 9.47 Å². The van der Waals surface area contributed by atoms with E-state index in [-0.39, 0.29) is 12.1 Å². The SMILES string of the molecule is COc1ccc2c3c1O[C@H]1c4c(c5cccc6c5n4CCC6)CC4(O)[C@@H](C2)N(CC2CCCCC2)CC[C@]314. The fraction of sp³-hybridized carbons (Fsp3) is 0.576. The van der Waals surface area contributed by atoms with E-state index in [0.717, 1.165) is 69.2 Å². The summed E-state index contributed by atoms with van der Waals surface area (Å²) >= 11 is 0. The molecule has 0 radical (unpaired) electrons. The van der Waals surface area contributed by atoms with Crippen LogP contribution in [0.1, 0.15) is 79.0 Å². The molecule has 1 saturated carbocycles. The maximum absolute atomic E-state index is 13.3. The first-order valence-corrected chi connectivity index (χ1v) is 15.1. The van der Waals surface area contributed by atoms with Gasteiger partial charge in [-0.3, -0.25) is 4.90 Å². The normalized spacial score (nSPS) is 33.1. The highest BCUT2D eigenvalue weighted by molar-refractivity contribution is 5.90. The molecule has 3 aliphatic heterocycles. The van der Waals surface area contributed by atoms with Gasteiger partial charge in [-0.1, -0.05) is 43.5 Å². The average Bonchev–Trinajstić information content (AvgIpc) is 3.45. The van der Waals surface area contributed by atoms with Gasteiger partial charge in [0.25, 0.3) is 0 Å². The number of benzene rings is 2. The van der Waals surface area contributed by atoms with Crippen molar-refractivity contribution >= 4 is 10.9 Å². The van der Waals surface area contributed by atoms with Gasteiger partial charge >= 0.3 is 0 Å². The minimum Gasteiger partial charge on any atom is -0.493 e. The van der Waals surface area contributed by atoms with Crippen LogP contribution in [0.5, 0.6) is 11.5 Å². The molecular weight excluding hydrogens is 472 g/mol. The number of rotatable bonds is 3.